The van der Waals surface area contributed by atoms with Gasteiger partial charge in [0, 0.05) is 47.4 Å². The predicted molar refractivity (Wildman–Crippen MR) is 164 cm³/mol. The van der Waals surface area contributed by atoms with Crippen molar-refractivity contribution in [2.75, 3.05) is 31.6 Å². The second-order valence-corrected chi connectivity index (χ2v) is 10.5. The third-order valence-electron chi connectivity index (χ3n) is 6.94. The average Bonchev–Trinajstić information content (AvgIpc) is 3.59. The van der Waals surface area contributed by atoms with Crippen LogP contribution in [0.1, 0.15) is 31.8 Å². The van der Waals surface area contributed by atoms with Crippen LogP contribution in [0, 0.1) is 0 Å². The van der Waals surface area contributed by atoms with Crippen LogP contribution in [0.2, 0.25) is 5.02 Å². The molecule has 1 unspecified atom stereocenters. The van der Waals surface area contributed by atoms with E-state index in [9.17, 15) is 24.3 Å². The number of anilines is 1. The first-order valence-electron chi connectivity index (χ1n) is 13.9. The minimum absolute atomic E-state index is 0.0618. The third kappa shape index (κ3) is 8.16. The van der Waals surface area contributed by atoms with Crippen molar-refractivity contribution in [1.82, 2.24) is 30.4 Å². The number of carboxylic acids is 1. The van der Waals surface area contributed by atoms with Gasteiger partial charge in [-0.25, -0.2) is 4.79 Å². The maximum atomic E-state index is 13.5. The van der Waals surface area contributed by atoms with Crippen molar-refractivity contribution in [2.45, 2.75) is 12.5 Å². The van der Waals surface area contributed by atoms with Crippen molar-refractivity contribution < 1.29 is 29.0 Å². The highest BCUT2D eigenvalue weighted by molar-refractivity contribution is 6.30. The Bertz CT molecular complexity index is 1720. The maximum Gasteiger partial charge on any atom is 0.335 e. The van der Waals surface area contributed by atoms with Crippen molar-refractivity contribution in [2.24, 2.45) is 0 Å². The number of halogens is 1. The summed E-state index contributed by atoms with van der Waals surface area (Å²) in [6, 6.07) is 16.5. The van der Waals surface area contributed by atoms with Crippen LogP contribution in [0.4, 0.5) is 5.69 Å². The normalized spacial score (nSPS) is 13.8. The number of ether oxygens (including phenoxy) is 1. The number of nitrogens with one attached hydrogen (secondary N) is 2. The van der Waals surface area contributed by atoms with Gasteiger partial charge >= 0.3 is 5.97 Å². The van der Waals surface area contributed by atoms with E-state index < -0.39 is 23.8 Å². The molecule has 0 bridgehead atoms. The molecule has 1 aliphatic heterocycles. The Balaban J connectivity index is 1.36. The Morgan fingerprint density at radius 2 is 1.78 bits per heavy atom. The third-order valence-corrected chi connectivity index (χ3v) is 7.18. The number of amides is 3. The summed E-state index contributed by atoms with van der Waals surface area (Å²) in [5, 5.41) is 26.3. The number of benzene rings is 3. The summed E-state index contributed by atoms with van der Waals surface area (Å²) in [6.45, 7) is 1.90. The van der Waals surface area contributed by atoms with E-state index in [-0.39, 0.29) is 17.9 Å². The molecule has 0 spiro atoms. The number of hydrogen-bond acceptors (Lipinski definition) is 8. The number of carbonyl (C=O) groups is 4. The van der Waals surface area contributed by atoms with Gasteiger partial charge in [-0.2, -0.15) is 4.68 Å². The van der Waals surface area contributed by atoms with Crippen molar-refractivity contribution in [3.63, 3.8) is 0 Å². The van der Waals surface area contributed by atoms with E-state index in [1.54, 1.807) is 47.4 Å². The van der Waals surface area contributed by atoms with Crippen LogP contribution in [0.15, 0.2) is 79.1 Å². The molecular formula is C31H28ClN7O6. The summed E-state index contributed by atoms with van der Waals surface area (Å²) >= 11 is 6.18. The van der Waals surface area contributed by atoms with E-state index in [1.807, 2.05) is 0 Å². The number of rotatable bonds is 10. The van der Waals surface area contributed by atoms with Gasteiger partial charge in [-0.05, 0) is 76.7 Å². The monoisotopic (exact) mass is 629 g/mol. The van der Waals surface area contributed by atoms with Crippen LogP contribution in [0.25, 0.3) is 11.8 Å². The average molecular weight is 630 g/mol. The highest BCUT2D eigenvalue weighted by Gasteiger charge is 2.23. The van der Waals surface area contributed by atoms with Gasteiger partial charge in [0.1, 0.15) is 12.4 Å². The molecule has 0 radical (unpaired) electrons. The molecule has 2 heterocycles. The fraction of sp³-hybridized carbons (Fsp3) is 0.194. The zero-order chi connectivity index (χ0) is 31.8. The number of tetrazole rings is 1. The first-order chi connectivity index (χ1) is 21.8. The van der Waals surface area contributed by atoms with Crippen LogP contribution in [-0.4, -0.2) is 86.2 Å². The summed E-state index contributed by atoms with van der Waals surface area (Å²) in [4.78, 5) is 52.6. The van der Waals surface area contributed by atoms with Crippen LogP contribution in [0.3, 0.4) is 0 Å². The number of carbonyl (C=O) groups excluding carboxylic acids is 3. The van der Waals surface area contributed by atoms with E-state index in [4.69, 9.17) is 16.3 Å². The molecule has 1 aliphatic rings. The summed E-state index contributed by atoms with van der Waals surface area (Å²) in [7, 11) is 0. The van der Waals surface area contributed by atoms with E-state index in [0.29, 0.717) is 59.4 Å². The molecule has 3 aromatic carbocycles. The van der Waals surface area contributed by atoms with Gasteiger partial charge in [-0.15, -0.1) is 5.10 Å². The van der Waals surface area contributed by atoms with Crippen LogP contribution in [0.5, 0.6) is 0 Å². The van der Waals surface area contributed by atoms with Crippen molar-refractivity contribution in [3.8, 4) is 5.69 Å². The minimum atomic E-state index is -1.10. The summed E-state index contributed by atoms with van der Waals surface area (Å²) in [5.74, 6) is -2.35. The van der Waals surface area contributed by atoms with Gasteiger partial charge in [0.05, 0.1) is 24.5 Å². The molecule has 1 fully saturated rings. The summed E-state index contributed by atoms with van der Waals surface area (Å²) in [5.41, 5.74) is 2.65. The maximum absolute atomic E-state index is 13.5. The number of aromatic carboxylic acids is 1. The Hall–Kier alpha value is -5.40. The van der Waals surface area contributed by atoms with Gasteiger partial charge in [0.15, 0.2) is 0 Å². The highest BCUT2D eigenvalue weighted by atomic mass is 35.5. The number of nitrogens with zero attached hydrogens (tertiary/aromatic N) is 5. The molecule has 0 saturated carbocycles. The zero-order valence-electron chi connectivity index (χ0n) is 23.8. The first-order valence-corrected chi connectivity index (χ1v) is 14.3. The fourth-order valence-corrected chi connectivity index (χ4v) is 4.86. The zero-order valence-corrected chi connectivity index (χ0v) is 24.6. The molecule has 230 valence electrons. The van der Waals surface area contributed by atoms with Crippen LogP contribution >= 0.6 is 11.6 Å². The number of aromatic nitrogens is 4. The molecular weight excluding hydrogens is 602 g/mol. The smallest absolute Gasteiger partial charge is 0.335 e. The molecule has 1 aromatic heterocycles. The van der Waals surface area contributed by atoms with Crippen LogP contribution < -0.4 is 10.6 Å². The van der Waals surface area contributed by atoms with E-state index in [0.717, 1.165) is 0 Å². The lowest BCUT2D eigenvalue weighted by molar-refractivity contribution is -0.123. The molecule has 3 N–H and O–H groups in total. The van der Waals surface area contributed by atoms with Crippen molar-refractivity contribution in [1.29, 1.82) is 0 Å². The van der Waals surface area contributed by atoms with Crippen molar-refractivity contribution in [3.05, 3.63) is 106 Å². The lowest BCUT2D eigenvalue weighted by Crippen LogP contribution is -2.44. The van der Waals surface area contributed by atoms with Crippen LogP contribution in [-0.2, 0) is 20.7 Å². The number of hydrogen-bond donors (Lipinski definition) is 3. The Labute approximate surface area is 262 Å². The standard InChI is InChI=1S/C31H28ClN7O6/c32-24-7-10-27(39-19-33-36-37-39)22(18-24)6-11-28(40)35-26(29(41)34-25-8-4-21(5-9-25)31(43)44)17-20-2-1-3-23(16-20)30(42)38-12-14-45-15-13-38/h1-11,16,18-19,26H,12-15,17H2,(H,34,41)(H,35,40)(H,43,44). The quantitative estimate of drug-likeness (QED) is 0.223. The lowest BCUT2D eigenvalue weighted by atomic mass is 10.0. The van der Waals surface area contributed by atoms with Gasteiger partial charge < -0.3 is 25.4 Å². The molecule has 1 saturated heterocycles. The molecule has 3 amide bonds. The van der Waals surface area contributed by atoms with E-state index in [2.05, 4.69) is 26.2 Å². The first kappa shape index (κ1) is 31.0. The second-order valence-electron chi connectivity index (χ2n) is 10.0. The number of morpholine rings is 1. The largest absolute Gasteiger partial charge is 0.478 e. The highest BCUT2D eigenvalue weighted by Crippen LogP contribution is 2.20. The minimum Gasteiger partial charge on any atom is -0.478 e. The Morgan fingerprint density at radius 1 is 1.00 bits per heavy atom. The van der Waals surface area contributed by atoms with Gasteiger partial charge in [0.25, 0.3) is 5.91 Å². The predicted octanol–water partition coefficient (Wildman–Crippen LogP) is 2.87. The lowest BCUT2D eigenvalue weighted by Gasteiger charge is -2.27. The molecule has 1 atom stereocenters. The SMILES string of the molecule is O=C(C=Cc1cc(Cl)ccc1-n1cnnn1)NC(Cc1cccc(C(=O)N2CCOCC2)c1)C(=O)Nc1ccc(C(=O)O)cc1. The van der Waals surface area contributed by atoms with Gasteiger partial charge in [-0.1, -0.05) is 23.7 Å². The van der Waals surface area contributed by atoms with Gasteiger partial charge in [0.2, 0.25) is 11.8 Å². The molecule has 0 aliphatic carbocycles. The molecule has 4 aromatic rings. The molecule has 45 heavy (non-hydrogen) atoms. The second kappa shape index (κ2) is 14.4. The molecule has 13 nitrogen and oxygen atoms in total. The molecule has 14 heteroatoms. The van der Waals surface area contributed by atoms with Crippen molar-refractivity contribution >= 4 is 47.1 Å². The van der Waals surface area contributed by atoms with E-state index in [1.165, 1.54) is 47.4 Å². The Morgan fingerprint density at radius 3 is 2.49 bits per heavy atom. The Kier molecular flexibility index (Phi) is 9.92. The molecule has 5 rings (SSSR count). The topological polar surface area (TPSA) is 169 Å². The van der Waals surface area contributed by atoms with E-state index >= 15 is 0 Å². The summed E-state index contributed by atoms with van der Waals surface area (Å²) in [6.07, 6.45) is 4.26. The summed E-state index contributed by atoms with van der Waals surface area (Å²) < 4.78 is 6.76. The number of carboxylic acid groups (broad SMARTS) is 1. The van der Waals surface area contributed by atoms with Gasteiger partial charge in [-0.3, -0.25) is 14.4 Å². The fourth-order valence-electron chi connectivity index (χ4n) is 4.68.